The van der Waals surface area contributed by atoms with E-state index in [0.29, 0.717) is 6.04 Å². The molecule has 2 atom stereocenters. The summed E-state index contributed by atoms with van der Waals surface area (Å²) in [7, 11) is 0. The number of hydrogen-bond acceptors (Lipinski definition) is 5. The predicted octanol–water partition coefficient (Wildman–Crippen LogP) is 2.69. The lowest BCUT2D eigenvalue weighted by atomic mass is 9.95. The molecule has 90 valence electrons. The number of nitrogens with one attached hydrogen (secondary N) is 1. The molecular weight excluding hydrogens is 238 g/mol. The van der Waals surface area contributed by atoms with Crippen molar-refractivity contribution in [3.63, 3.8) is 0 Å². The van der Waals surface area contributed by atoms with E-state index in [-0.39, 0.29) is 0 Å². The van der Waals surface area contributed by atoms with Crippen LogP contribution in [0, 0.1) is 0 Å². The lowest BCUT2D eigenvalue weighted by Crippen LogP contribution is -2.40. The summed E-state index contributed by atoms with van der Waals surface area (Å²) in [6.45, 7) is 3.13. The Bertz CT molecular complexity index is 287. The van der Waals surface area contributed by atoms with Gasteiger partial charge in [-0.05, 0) is 30.1 Å². The third-order valence-electron chi connectivity index (χ3n) is 3.03. The summed E-state index contributed by atoms with van der Waals surface area (Å²) in [5.41, 5.74) is 1.08. The molecule has 1 aliphatic carbocycles. The minimum absolute atomic E-state index is 0.667. The fourth-order valence-electron chi connectivity index (χ4n) is 2.24. The standard InChI is InChI=1S/C11H19N3S2/c1-2-15-11-6-4-3-5-10(11)12-7-9-8-16-14-13-9/h8,10-12H,2-7H2,1H3. The van der Waals surface area contributed by atoms with Crippen LogP contribution in [-0.2, 0) is 6.54 Å². The second-order valence-electron chi connectivity index (χ2n) is 4.16. The number of thioether (sulfide) groups is 1. The molecule has 1 aliphatic rings. The molecule has 0 aromatic carbocycles. The molecule has 1 N–H and O–H groups in total. The highest BCUT2D eigenvalue weighted by atomic mass is 32.2. The molecule has 0 spiro atoms. The van der Waals surface area contributed by atoms with Gasteiger partial charge in [-0.3, -0.25) is 0 Å². The van der Waals surface area contributed by atoms with Crippen molar-refractivity contribution in [2.24, 2.45) is 0 Å². The number of hydrogen-bond donors (Lipinski definition) is 1. The van der Waals surface area contributed by atoms with Crippen LogP contribution in [0.1, 0.15) is 38.3 Å². The normalized spacial score (nSPS) is 25.8. The van der Waals surface area contributed by atoms with Gasteiger partial charge in [-0.2, -0.15) is 11.8 Å². The maximum absolute atomic E-state index is 4.07. The van der Waals surface area contributed by atoms with Gasteiger partial charge in [0.1, 0.15) is 0 Å². The van der Waals surface area contributed by atoms with E-state index in [1.807, 2.05) is 5.38 Å². The molecule has 5 heteroatoms. The molecule has 1 heterocycles. The van der Waals surface area contributed by atoms with E-state index in [1.54, 1.807) is 0 Å². The predicted molar refractivity (Wildman–Crippen MR) is 70.9 cm³/mol. The summed E-state index contributed by atoms with van der Waals surface area (Å²) in [6.07, 6.45) is 5.45. The molecule has 0 bridgehead atoms. The van der Waals surface area contributed by atoms with Gasteiger partial charge in [0.15, 0.2) is 0 Å². The van der Waals surface area contributed by atoms with E-state index < -0.39 is 0 Å². The zero-order valence-electron chi connectivity index (χ0n) is 9.69. The van der Waals surface area contributed by atoms with Crippen LogP contribution in [0.15, 0.2) is 5.38 Å². The maximum atomic E-state index is 4.07. The Morgan fingerprint density at radius 2 is 2.38 bits per heavy atom. The summed E-state index contributed by atoms with van der Waals surface area (Å²) in [6, 6.07) is 0.667. The second kappa shape index (κ2) is 6.57. The largest absolute Gasteiger partial charge is 0.307 e. The Morgan fingerprint density at radius 1 is 1.50 bits per heavy atom. The van der Waals surface area contributed by atoms with Crippen LogP contribution in [-0.4, -0.2) is 26.6 Å². The Balaban J connectivity index is 1.81. The quantitative estimate of drug-likeness (QED) is 0.880. The molecule has 2 rings (SSSR count). The first-order chi connectivity index (χ1) is 7.90. The van der Waals surface area contributed by atoms with Crippen LogP contribution in [0.2, 0.25) is 0 Å². The molecule has 0 radical (unpaired) electrons. The van der Waals surface area contributed by atoms with E-state index in [2.05, 4.69) is 33.6 Å². The molecule has 16 heavy (non-hydrogen) atoms. The highest BCUT2D eigenvalue weighted by Crippen LogP contribution is 2.28. The van der Waals surface area contributed by atoms with E-state index in [9.17, 15) is 0 Å². The minimum atomic E-state index is 0.667. The van der Waals surface area contributed by atoms with Gasteiger partial charge in [0.2, 0.25) is 0 Å². The molecule has 1 aromatic rings. The third-order valence-corrected chi connectivity index (χ3v) is 4.91. The van der Waals surface area contributed by atoms with Gasteiger partial charge in [0.05, 0.1) is 5.69 Å². The molecule has 1 fully saturated rings. The zero-order chi connectivity index (χ0) is 11.2. The Kier molecular flexibility index (Phi) is 5.06. The van der Waals surface area contributed by atoms with Crippen molar-refractivity contribution in [3.8, 4) is 0 Å². The van der Waals surface area contributed by atoms with Gasteiger partial charge in [-0.15, -0.1) is 5.10 Å². The van der Waals surface area contributed by atoms with Crippen LogP contribution < -0.4 is 5.32 Å². The van der Waals surface area contributed by atoms with Gasteiger partial charge in [0, 0.05) is 23.2 Å². The minimum Gasteiger partial charge on any atom is -0.307 e. The van der Waals surface area contributed by atoms with Crippen molar-refractivity contribution >= 4 is 23.3 Å². The SMILES string of the molecule is CCSC1CCCCC1NCc1csnn1. The Morgan fingerprint density at radius 3 is 3.12 bits per heavy atom. The van der Waals surface area contributed by atoms with Crippen molar-refractivity contribution in [1.82, 2.24) is 14.9 Å². The van der Waals surface area contributed by atoms with Crippen molar-refractivity contribution in [2.45, 2.75) is 50.4 Å². The fourth-order valence-corrected chi connectivity index (χ4v) is 3.92. The average molecular weight is 257 g/mol. The third kappa shape index (κ3) is 3.43. The van der Waals surface area contributed by atoms with Crippen LogP contribution in [0.3, 0.4) is 0 Å². The van der Waals surface area contributed by atoms with Gasteiger partial charge in [0.25, 0.3) is 0 Å². The van der Waals surface area contributed by atoms with Gasteiger partial charge in [-0.25, -0.2) is 0 Å². The first kappa shape index (κ1) is 12.3. The second-order valence-corrected chi connectivity index (χ2v) is 6.29. The van der Waals surface area contributed by atoms with Gasteiger partial charge >= 0.3 is 0 Å². The Hall–Kier alpha value is -0.130. The van der Waals surface area contributed by atoms with Crippen LogP contribution in [0.5, 0.6) is 0 Å². The first-order valence-corrected chi connectivity index (χ1v) is 7.89. The topological polar surface area (TPSA) is 37.8 Å². The van der Waals surface area contributed by atoms with E-state index >= 15 is 0 Å². The Labute approximate surface area is 106 Å². The molecule has 0 saturated heterocycles. The zero-order valence-corrected chi connectivity index (χ0v) is 11.3. The molecule has 2 unspecified atom stereocenters. The summed E-state index contributed by atoms with van der Waals surface area (Å²) < 4.78 is 3.89. The van der Waals surface area contributed by atoms with Crippen molar-refractivity contribution in [3.05, 3.63) is 11.1 Å². The lowest BCUT2D eigenvalue weighted by molar-refractivity contribution is 0.381. The summed E-state index contributed by atoms with van der Waals surface area (Å²) in [5.74, 6) is 1.22. The maximum Gasteiger partial charge on any atom is 0.0893 e. The summed E-state index contributed by atoms with van der Waals surface area (Å²) in [4.78, 5) is 0. The van der Waals surface area contributed by atoms with Crippen LogP contribution in [0.25, 0.3) is 0 Å². The monoisotopic (exact) mass is 257 g/mol. The first-order valence-electron chi connectivity index (χ1n) is 6.01. The number of rotatable bonds is 5. The van der Waals surface area contributed by atoms with Gasteiger partial charge < -0.3 is 5.32 Å². The lowest BCUT2D eigenvalue weighted by Gasteiger charge is -2.31. The highest BCUT2D eigenvalue weighted by Gasteiger charge is 2.24. The van der Waals surface area contributed by atoms with E-state index in [0.717, 1.165) is 17.5 Å². The fraction of sp³-hybridized carbons (Fsp3) is 0.818. The highest BCUT2D eigenvalue weighted by molar-refractivity contribution is 7.99. The number of aromatic nitrogens is 2. The summed E-state index contributed by atoms with van der Waals surface area (Å²) >= 11 is 3.53. The molecular formula is C11H19N3S2. The van der Waals surface area contributed by atoms with Crippen molar-refractivity contribution in [1.29, 1.82) is 0 Å². The van der Waals surface area contributed by atoms with Crippen LogP contribution >= 0.6 is 23.3 Å². The summed E-state index contributed by atoms with van der Waals surface area (Å²) in [5, 5.41) is 10.5. The average Bonchev–Trinajstić information content (AvgIpc) is 2.81. The molecule has 3 nitrogen and oxygen atoms in total. The molecule has 1 saturated carbocycles. The molecule has 1 aromatic heterocycles. The van der Waals surface area contributed by atoms with Crippen molar-refractivity contribution < 1.29 is 0 Å². The smallest absolute Gasteiger partial charge is 0.0893 e. The molecule has 0 amide bonds. The van der Waals surface area contributed by atoms with Crippen LogP contribution in [0.4, 0.5) is 0 Å². The van der Waals surface area contributed by atoms with Gasteiger partial charge in [-0.1, -0.05) is 24.3 Å². The number of nitrogens with zero attached hydrogens (tertiary/aromatic N) is 2. The molecule has 0 aliphatic heterocycles. The van der Waals surface area contributed by atoms with E-state index in [4.69, 9.17) is 0 Å². The van der Waals surface area contributed by atoms with E-state index in [1.165, 1.54) is 43.0 Å². The van der Waals surface area contributed by atoms with Crippen molar-refractivity contribution in [2.75, 3.05) is 5.75 Å².